The van der Waals surface area contributed by atoms with Gasteiger partial charge in [-0.3, -0.25) is 4.79 Å². The zero-order chi connectivity index (χ0) is 35.3. The van der Waals surface area contributed by atoms with Crippen molar-refractivity contribution < 1.29 is 25.2 Å². The van der Waals surface area contributed by atoms with Crippen molar-refractivity contribution in [1.29, 1.82) is 0 Å². The molecule has 286 valence electrons. The van der Waals surface area contributed by atoms with E-state index in [4.69, 9.17) is 0 Å². The van der Waals surface area contributed by atoms with Crippen LogP contribution in [0.2, 0.25) is 0 Å². The lowest BCUT2D eigenvalue weighted by molar-refractivity contribution is -0.131. The molecule has 0 bridgehead atoms. The number of hydrogen-bond acceptors (Lipinski definition) is 5. The average Bonchev–Trinajstić information content (AvgIpc) is 3.09. The Bertz CT molecular complexity index is 687. The summed E-state index contributed by atoms with van der Waals surface area (Å²) in [5.74, 6) is -0.565. The van der Waals surface area contributed by atoms with Crippen molar-refractivity contribution in [3.05, 3.63) is 12.2 Å². The van der Waals surface area contributed by atoms with Gasteiger partial charge in [-0.15, -0.1) is 0 Å². The molecule has 0 saturated carbocycles. The third-order valence-corrected chi connectivity index (χ3v) is 9.95. The van der Waals surface area contributed by atoms with Crippen LogP contribution in [0, 0.1) is 0 Å². The van der Waals surface area contributed by atoms with Crippen LogP contribution in [0.1, 0.15) is 219 Å². The molecular weight excluding hydrogens is 598 g/mol. The SMILES string of the molecule is CCCCCCCCCCCCCCCCCCCCCCC(O)C(=O)N[C@@H](CO)[C@H](O)/C=C/[C@H](O)CCCCCCCCCCCC. The minimum atomic E-state index is -1.15. The molecule has 0 aliphatic heterocycles. The third-order valence-electron chi connectivity index (χ3n) is 9.95. The Hall–Kier alpha value is -0.950. The average molecular weight is 682 g/mol. The molecule has 4 atom stereocenters. The maximum absolute atomic E-state index is 12.4. The first kappa shape index (κ1) is 47.0. The number of aliphatic hydroxyl groups is 4. The number of hydrogen-bond donors (Lipinski definition) is 5. The number of rotatable bonds is 38. The van der Waals surface area contributed by atoms with Crippen molar-refractivity contribution in [2.75, 3.05) is 6.61 Å². The number of amides is 1. The Morgan fingerprint density at radius 2 is 0.792 bits per heavy atom. The van der Waals surface area contributed by atoms with Crippen molar-refractivity contribution >= 4 is 5.91 Å². The molecule has 48 heavy (non-hydrogen) atoms. The molecule has 0 spiro atoms. The number of carbonyl (C=O) groups excluding carboxylic acids is 1. The van der Waals surface area contributed by atoms with Gasteiger partial charge >= 0.3 is 0 Å². The van der Waals surface area contributed by atoms with Gasteiger partial charge in [-0.1, -0.05) is 219 Å². The standard InChI is InChI=1S/C42H83NO5/c1-3-5-7-9-11-13-15-16-17-18-19-20-21-22-23-24-26-28-30-32-34-41(47)42(48)43-39(37-44)40(46)36-35-38(45)33-31-29-27-25-14-12-10-8-6-4-2/h35-36,38-41,44-47H,3-34,37H2,1-2H3,(H,43,48)/b36-35+/t38-,39+,40-,41?/m1/s1. The quantitative estimate of drug-likeness (QED) is 0.0329. The van der Waals surface area contributed by atoms with E-state index in [9.17, 15) is 25.2 Å². The maximum atomic E-state index is 12.4. The van der Waals surface area contributed by atoms with Gasteiger partial charge < -0.3 is 25.7 Å². The van der Waals surface area contributed by atoms with Gasteiger partial charge in [-0.2, -0.15) is 0 Å². The van der Waals surface area contributed by atoms with E-state index in [0.29, 0.717) is 12.8 Å². The Balaban J connectivity index is 3.73. The second-order valence-electron chi connectivity index (χ2n) is 14.7. The smallest absolute Gasteiger partial charge is 0.249 e. The molecule has 6 nitrogen and oxygen atoms in total. The second kappa shape index (κ2) is 37.3. The van der Waals surface area contributed by atoms with Crippen LogP contribution in [-0.2, 0) is 4.79 Å². The van der Waals surface area contributed by atoms with Crippen molar-refractivity contribution in [3.63, 3.8) is 0 Å². The first-order chi connectivity index (χ1) is 23.5. The van der Waals surface area contributed by atoms with Gasteiger partial charge in [0.2, 0.25) is 5.91 Å². The lowest BCUT2D eigenvalue weighted by Crippen LogP contribution is -2.48. The molecule has 0 rings (SSSR count). The Morgan fingerprint density at radius 1 is 0.479 bits per heavy atom. The molecule has 0 aromatic heterocycles. The summed E-state index contributed by atoms with van der Waals surface area (Å²) >= 11 is 0. The summed E-state index contributed by atoms with van der Waals surface area (Å²) in [6.45, 7) is 4.07. The monoisotopic (exact) mass is 682 g/mol. The largest absolute Gasteiger partial charge is 0.394 e. The molecule has 1 unspecified atom stereocenters. The normalized spacial score (nSPS) is 14.4. The van der Waals surface area contributed by atoms with Crippen LogP contribution in [0.15, 0.2) is 12.2 Å². The fourth-order valence-corrected chi connectivity index (χ4v) is 6.56. The van der Waals surface area contributed by atoms with Crippen LogP contribution in [0.5, 0.6) is 0 Å². The molecule has 0 heterocycles. The minimum Gasteiger partial charge on any atom is -0.394 e. The highest BCUT2D eigenvalue weighted by molar-refractivity contribution is 5.80. The fraction of sp³-hybridized carbons (Fsp3) is 0.929. The number of aliphatic hydroxyl groups excluding tert-OH is 4. The highest BCUT2D eigenvalue weighted by Crippen LogP contribution is 2.16. The molecule has 6 heteroatoms. The Morgan fingerprint density at radius 3 is 1.12 bits per heavy atom. The highest BCUT2D eigenvalue weighted by Gasteiger charge is 2.22. The summed E-state index contributed by atoms with van der Waals surface area (Å²) < 4.78 is 0. The molecule has 0 aromatic rings. The molecule has 0 aliphatic carbocycles. The van der Waals surface area contributed by atoms with Crippen LogP contribution in [-0.4, -0.2) is 57.3 Å². The van der Waals surface area contributed by atoms with E-state index in [1.54, 1.807) is 6.08 Å². The van der Waals surface area contributed by atoms with Gasteiger partial charge in [0.1, 0.15) is 6.10 Å². The van der Waals surface area contributed by atoms with Crippen LogP contribution < -0.4 is 5.32 Å². The Labute approximate surface area is 298 Å². The van der Waals surface area contributed by atoms with Crippen LogP contribution in [0.3, 0.4) is 0 Å². The van der Waals surface area contributed by atoms with Crippen molar-refractivity contribution in [1.82, 2.24) is 5.32 Å². The summed E-state index contributed by atoms with van der Waals surface area (Å²) in [6.07, 6.45) is 39.7. The summed E-state index contributed by atoms with van der Waals surface area (Å²) in [5.41, 5.74) is 0. The van der Waals surface area contributed by atoms with Crippen molar-refractivity contribution in [3.8, 4) is 0 Å². The summed E-state index contributed by atoms with van der Waals surface area (Å²) in [7, 11) is 0. The zero-order valence-corrected chi connectivity index (χ0v) is 32.0. The van der Waals surface area contributed by atoms with Crippen molar-refractivity contribution in [2.24, 2.45) is 0 Å². The number of carbonyl (C=O) groups is 1. The van der Waals surface area contributed by atoms with Crippen LogP contribution >= 0.6 is 0 Å². The molecule has 5 N–H and O–H groups in total. The third kappa shape index (κ3) is 32.3. The molecule has 0 fully saturated rings. The minimum absolute atomic E-state index is 0.381. The van der Waals surface area contributed by atoms with E-state index in [1.807, 2.05) is 0 Å². The maximum Gasteiger partial charge on any atom is 0.249 e. The zero-order valence-electron chi connectivity index (χ0n) is 32.0. The molecule has 1 amide bonds. The van der Waals surface area contributed by atoms with Crippen LogP contribution in [0.25, 0.3) is 0 Å². The van der Waals surface area contributed by atoms with Gasteiger partial charge in [0, 0.05) is 0 Å². The van der Waals surface area contributed by atoms with E-state index < -0.39 is 36.9 Å². The van der Waals surface area contributed by atoms with E-state index in [-0.39, 0.29) is 0 Å². The van der Waals surface area contributed by atoms with Gasteiger partial charge in [0.15, 0.2) is 0 Å². The van der Waals surface area contributed by atoms with Crippen LogP contribution in [0.4, 0.5) is 0 Å². The predicted molar refractivity (Wildman–Crippen MR) is 205 cm³/mol. The number of unbranched alkanes of at least 4 members (excludes halogenated alkanes) is 28. The second-order valence-corrected chi connectivity index (χ2v) is 14.7. The molecule has 0 aromatic carbocycles. The van der Waals surface area contributed by atoms with E-state index in [2.05, 4.69) is 19.2 Å². The molecule has 0 aliphatic rings. The predicted octanol–water partition coefficient (Wildman–Crippen LogP) is 10.6. The van der Waals surface area contributed by atoms with E-state index in [0.717, 1.165) is 32.1 Å². The van der Waals surface area contributed by atoms with Gasteiger partial charge in [0.25, 0.3) is 0 Å². The fourth-order valence-electron chi connectivity index (χ4n) is 6.56. The topological polar surface area (TPSA) is 110 Å². The van der Waals surface area contributed by atoms with Crippen molar-refractivity contribution in [2.45, 2.75) is 244 Å². The van der Waals surface area contributed by atoms with E-state index >= 15 is 0 Å². The molecule has 0 saturated heterocycles. The molecular formula is C42H83NO5. The van der Waals surface area contributed by atoms with E-state index in [1.165, 1.54) is 167 Å². The first-order valence-corrected chi connectivity index (χ1v) is 21.1. The lowest BCUT2D eigenvalue weighted by Gasteiger charge is -2.22. The summed E-state index contributed by atoms with van der Waals surface area (Å²) in [4.78, 5) is 12.4. The molecule has 0 radical (unpaired) electrons. The van der Waals surface area contributed by atoms with Gasteiger partial charge in [0.05, 0.1) is 24.9 Å². The van der Waals surface area contributed by atoms with Gasteiger partial charge in [-0.05, 0) is 12.8 Å². The highest BCUT2D eigenvalue weighted by atomic mass is 16.3. The summed E-state index contributed by atoms with van der Waals surface area (Å²) in [6, 6.07) is -0.914. The Kier molecular flexibility index (Phi) is 36.6. The van der Waals surface area contributed by atoms with Gasteiger partial charge in [-0.25, -0.2) is 0 Å². The summed E-state index contributed by atoms with van der Waals surface area (Å²) in [5, 5.41) is 43.2. The number of nitrogens with one attached hydrogen (secondary N) is 1. The first-order valence-electron chi connectivity index (χ1n) is 21.1. The lowest BCUT2D eigenvalue weighted by atomic mass is 10.0.